The van der Waals surface area contributed by atoms with E-state index >= 15 is 0 Å². The largest absolute Gasteiger partial charge is 0.383 e. The quantitative estimate of drug-likeness (QED) is 0.772. The van der Waals surface area contributed by atoms with E-state index in [1.165, 1.54) is 11.1 Å². The summed E-state index contributed by atoms with van der Waals surface area (Å²) in [5.74, 6) is 1.32. The molecule has 1 aromatic heterocycles. The number of nitrogens with two attached hydrogens (primary N) is 1. The molecule has 2 nitrogen and oxygen atoms in total. The van der Waals surface area contributed by atoms with Gasteiger partial charge in [0.2, 0.25) is 0 Å². The monoisotopic (exact) mass is 178 g/mol. The van der Waals surface area contributed by atoms with Gasteiger partial charge in [0, 0.05) is 6.20 Å². The van der Waals surface area contributed by atoms with E-state index in [2.05, 4.69) is 31.8 Å². The second-order valence-corrected chi connectivity index (χ2v) is 3.84. The molecule has 0 saturated heterocycles. The topological polar surface area (TPSA) is 38.9 Å². The van der Waals surface area contributed by atoms with Crippen LogP contribution in [-0.4, -0.2) is 4.98 Å². The molecule has 2 heteroatoms. The Morgan fingerprint density at radius 2 is 2.15 bits per heavy atom. The molecule has 0 radical (unpaired) electrons. The van der Waals surface area contributed by atoms with E-state index in [1.807, 2.05) is 6.20 Å². The summed E-state index contributed by atoms with van der Waals surface area (Å²) in [5.41, 5.74) is 8.24. The number of aromatic nitrogens is 1. The number of anilines is 1. The van der Waals surface area contributed by atoms with Crippen molar-refractivity contribution in [2.24, 2.45) is 5.92 Å². The Bertz CT molecular complexity index is 279. The van der Waals surface area contributed by atoms with E-state index in [0.717, 1.165) is 12.8 Å². The van der Waals surface area contributed by atoms with Crippen LogP contribution in [0.15, 0.2) is 12.3 Å². The van der Waals surface area contributed by atoms with Crippen molar-refractivity contribution in [1.29, 1.82) is 0 Å². The summed E-state index contributed by atoms with van der Waals surface area (Å²) >= 11 is 0. The molecular formula is C11H18N2. The van der Waals surface area contributed by atoms with E-state index in [1.54, 1.807) is 0 Å². The molecule has 0 saturated carbocycles. The van der Waals surface area contributed by atoms with Gasteiger partial charge in [0.15, 0.2) is 0 Å². The fourth-order valence-electron chi connectivity index (χ4n) is 1.37. The number of aryl methyl sites for hydroxylation is 1. The van der Waals surface area contributed by atoms with Crippen LogP contribution < -0.4 is 5.73 Å². The van der Waals surface area contributed by atoms with Gasteiger partial charge in [-0.15, -0.1) is 0 Å². The molecule has 2 N–H and O–H groups in total. The Kier molecular flexibility index (Phi) is 3.29. The van der Waals surface area contributed by atoms with Gasteiger partial charge in [-0.05, 0) is 29.9 Å². The third-order valence-electron chi connectivity index (χ3n) is 2.09. The van der Waals surface area contributed by atoms with Crippen LogP contribution in [0.1, 0.15) is 31.9 Å². The van der Waals surface area contributed by atoms with Gasteiger partial charge in [-0.1, -0.05) is 26.8 Å². The molecule has 0 amide bonds. The minimum atomic E-state index is 0.635. The van der Waals surface area contributed by atoms with Gasteiger partial charge >= 0.3 is 0 Å². The molecule has 0 aromatic carbocycles. The summed E-state index contributed by atoms with van der Waals surface area (Å²) in [5, 5.41) is 0. The van der Waals surface area contributed by atoms with Crippen LogP contribution in [0.5, 0.6) is 0 Å². The molecule has 13 heavy (non-hydrogen) atoms. The smallest absolute Gasteiger partial charge is 0.126 e. The lowest BCUT2D eigenvalue weighted by atomic mass is 10.0. The van der Waals surface area contributed by atoms with E-state index in [-0.39, 0.29) is 0 Å². The Hall–Kier alpha value is -1.05. The van der Waals surface area contributed by atoms with E-state index in [0.29, 0.717) is 11.7 Å². The van der Waals surface area contributed by atoms with Gasteiger partial charge in [-0.25, -0.2) is 4.98 Å². The van der Waals surface area contributed by atoms with Gasteiger partial charge in [0.1, 0.15) is 5.82 Å². The van der Waals surface area contributed by atoms with Crippen LogP contribution in [0.3, 0.4) is 0 Å². The van der Waals surface area contributed by atoms with Crippen molar-refractivity contribution < 1.29 is 0 Å². The predicted molar refractivity (Wildman–Crippen MR) is 56.6 cm³/mol. The first-order valence-corrected chi connectivity index (χ1v) is 4.86. The number of rotatable bonds is 3. The molecule has 0 atom stereocenters. The standard InChI is InChI=1S/C11H18N2/c1-4-9-6-10(5-8(2)3)11(12)13-7-9/h6-8H,4-5H2,1-3H3,(H2,12,13). The SMILES string of the molecule is CCc1cnc(N)c(CC(C)C)c1. The van der Waals surface area contributed by atoms with Gasteiger partial charge in [-0.2, -0.15) is 0 Å². The number of hydrogen-bond donors (Lipinski definition) is 1. The van der Waals surface area contributed by atoms with Gasteiger partial charge in [-0.3, -0.25) is 0 Å². The molecular weight excluding hydrogens is 160 g/mol. The summed E-state index contributed by atoms with van der Waals surface area (Å²) in [4.78, 5) is 4.18. The van der Waals surface area contributed by atoms with Crippen molar-refractivity contribution >= 4 is 5.82 Å². The molecule has 0 aliphatic carbocycles. The lowest BCUT2D eigenvalue weighted by Gasteiger charge is -2.08. The number of nitrogen functional groups attached to an aromatic ring is 1. The normalized spacial score (nSPS) is 10.8. The molecule has 0 unspecified atom stereocenters. The van der Waals surface area contributed by atoms with Crippen LogP contribution >= 0.6 is 0 Å². The molecule has 72 valence electrons. The minimum absolute atomic E-state index is 0.635. The van der Waals surface area contributed by atoms with E-state index in [9.17, 15) is 0 Å². The highest BCUT2D eigenvalue weighted by molar-refractivity contribution is 5.41. The zero-order chi connectivity index (χ0) is 9.84. The highest BCUT2D eigenvalue weighted by Crippen LogP contribution is 2.15. The van der Waals surface area contributed by atoms with Crippen molar-refractivity contribution in [3.8, 4) is 0 Å². The van der Waals surface area contributed by atoms with Crippen molar-refractivity contribution in [1.82, 2.24) is 4.98 Å². The maximum atomic E-state index is 5.78. The van der Waals surface area contributed by atoms with Crippen molar-refractivity contribution in [3.05, 3.63) is 23.4 Å². The highest BCUT2D eigenvalue weighted by Gasteiger charge is 2.03. The molecule has 0 aliphatic rings. The molecule has 0 fully saturated rings. The average Bonchev–Trinajstić information content (AvgIpc) is 2.08. The summed E-state index contributed by atoms with van der Waals surface area (Å²) in [6.07, 6.45) is 3.91. The van der Waals surface area contributed by atoms with Crippen LogP contribution in [-0.2, 0) is 12.8 Å². The minimum Gasteiger partial charge on any atom is -0.383 e. The summed E-state index contributed by atoms with van der Waals surface area (Å²) in [7, 11) is 0. The Labute approximate surface area is 80.2 Å². The first-order valence-electron chi connectivity index (χ1n) is 4.86. The fourth-order valence-corrected chi connectivity index (χ4v) is 1.37. The molecule has 0 spiro atoms. The number of pyridine rings is 1. The molecule has 0 bridgehead atoms. The first-order chi connectivity index (χ1) is 6.13. The zero-order valence-electron chi connectivity index (χ0n) is 8.67. The van der Waals surface area contributed by atoms with E-state index in [4.69, 9.17) is 5.73 Å². The third kappa shape index (κ3) is 2.72. The van der Waals surface area contributed by atoms with Crippen LogP contribution in [0.2, 0.25) is 0 Å². The van der Waals surface area contributed by atoms with Crippen LogP contribution in [0.25, 0.3) is 0 Å². The second-order valence-electron chi connectivity index (χ2n) is 3.84. The Morgan fingerprint density at radius 1 is 1.46 bits per heavy atom. The average molecular weight is 178 g/mol. The fraction of sp³-hybridized carbons (Fsp3) is 0.545. The van der Waals surface area contributed by atoms with Crippen LogP contribution in [0.4, 0.5) is 5.82 Å². The van der Waals surface area contributed by atoms with Gasteiger partial charge in [0.25, 0.3) is 0 Å². The molecule has 1 aromatic rings. The summed E-state index contributed by atoms with van der Waals surface area (Å²) in [6, 6.07) is 2.17. The highest BCUT2D eigenvalue weighted by atomic mass is 14.8. The van der Waals surface area contributed by atoms with Crippen molar-refractivity contribution in [2.75, 3.05) is 5.73 Å². The molecule has 1 rings (SSSR count). The summed E-state index contributed by atoms with van der Waals surface area (Å²) in [6.45, 7) is 6.52. The molecule has 1 heterocycles. The predicted octanol–water partition coefficient (Wildman–Crippen LogP) is 2.42. The number of nitrogens with zero attached hydrogens (tertiary/aromatic N) is 1. The van der Waals surface area contributed by atoms with Crippen LogP contribution in [0, 0.1) is 5.92 Å². The summed E-state index contributed by atoms with van der Waals surface area (Å²) < 4.78 is 0. The lowest BCUT2D eigenvalue weighted by molar-refractivity contribution is 0.646. The second kappa shape index (κ2) is 4.26. The zero-order valence-corrected chi connectivity index (χ0v) is 8.67. The third-order valence-corrected chi connectivity index (χ3v) is 2.09. The van der Waals surface area contributed by atoms with Gasteiger partial charge < -0.3 is 5.73 Å². The lowest BCUT2D eigenvalue weighted by Crippen LogP contribution is -2.02. The maximum Gasteiger partial charge on any atom is 0.126 e. The first kappa shape index (κ1) is 10.0. The van der Waals surface area contributed by atoms with Crippen molar-refractivity contribution in [2.45, 2.75) is 33.6 Å². The molecule has 0 aliphatic heterocycles. The van der Waals surface area contributed by atoms with E-state index < -0.39 is 0 Å². The number of hydrogen-bond acceptors (Lipinski definition) is 2. The Morgan fingerprint density at radius 3 is 2.69 bits per heavy atom. The Balaban J connectivity index is 2.90. The van der Waals surface area contributed by atoms with Gasteiger partial charge in [0.05, 0.1) is 0 Å². The van der Waals surface area contributed by atoms with Crippen molar-refractivity contribution in [3.63, 3.8) is 0 Å². The maximum absolute atomic E-state index is 5.78.